The van der Waals surface area contributed by atoms with Gasteiger partial charge in [0.25, 0.3) is 0 Å². The van der Waals surface area contributed by atoms with E-state index in [-0.39, 0.29) is 18.5 Å². The van der Waals surface area contributed by atoms with E-state index in [0.717, 1.165) is 19.6 Å². The van der Waals surface area contributed by atoms with Crippen LogP contribution in [0.1, 0.15) is 110 Å². The summed E-state index contributed by atoms with van der Waals surface area (Å²) in [4.78, 5) is 8.35. The summed E-state index contributed by atoms with van der Waals surface area (Å²) >= 11 is 0. The van der Waals surface area contributed by atoms with Crippen molar-refractivity contribution in [2.24, 2.45) is 7.05 Å². The van der Waals surface area contributed by atoms with Crippen molar-refractivity contribution in [3.8, 4) is 6.01 Å². The van der Waals surface area contributed by atoms with Crippen LogP contribution in [0.15, 0.2) is 37.2 Å². The second-order valence-electron chi connectivity index (χ2n) is 11.2. The van der Waals surface area contributed by atoms with Crippen molar-refractivity contribution in [1.29, 1.82) is 0 Å². The van der Waals surface area contributed by atoms with Crippen LogP contribution in [-0.4, -0.2) is 60.3 Å². The molecular weight excluding hydrogens is 552 g/mol. The molecule has 0 amide bonds. The van der Waals surface area contributed by atoms with Crippen LogP contribution in [0.25, 0.3) is 0 Å². The summed E-state index contributed by atoms with van der Waals surface area (Å²) in [5.41, 5.74) is 0. The number of hydrogen-bond acceptors (Lipinski definition) is 6. The minimum absolute atomic E-state index is 0. The van der Waals surface area contributed by atoms with Crippen molar-refractivity contribution in [2.45, 2.75) is 122 Å². The third-order valence-corrected chi connectivity index (χ3v) is 7.25. The molecule has 0 spiro atoms. The topological polar surface area (TPSA) is 71.5 Å². The fourth-order valence-electron chi connectivity index (χ4n) is 4.82. The van der Waals surface area contributed by atoms with Gasteiger partial charge in [0.1, 0.15) is 25.0 Å². The van der Waals surface area contributed by atoms with Crippen LogP contribution in [0.4, 0.5) is 0 Å². The van der Waals surface area contributed by atoms with Gasteiger partial charge in [0.05, 0.1) is 40.1 Å². The highest BCUT2D eigenvalue weighted by atomic mass is 35.5. The predicted molar refractivity (Wildman–Crippen MR) is 164 cm³/mol. The summed E-state index contributed by atoms with van der Waals surface area (Å²) in [5.74, 6) is 0. The van der Waals surface area contributed by atoms with Crippen LogP contribution < -0.4 is 21.7 Å². The summed E-state index contributed by atoms with van der Waals surface area (Å²) in [6, 6.07) is 2.13. The molecule has 2 heterocycles. The maximum absolute atomic E-state index is 5.94. The van der Waals surface area contributed by atoms with Gasteiger partial charge in [0.15, 0.2) is 0 Å². The van der Waals surface area contributed by atoms with Crippen molar-refractivity contribution in [1.82, 2.24) is 14.5 Å². The van der Waals surface area contributed by atoms with Gasteiger partial charge >= 0.3 is 6.01 Å². The van der Waals surface area contributed by atoms with Crippen LogP contribution in [0.2, 0.25) is 0 Å². The number of rotatable bonds is 29. The van der Waals surface area contributed by atoms with E-state index in [0.29, 0.717) is 39.0 Å². The molecule has 1 atom stereocenters. The Bertz CT molecular complexity index is 827. The highest BCUT2D eigenvalue weighted by molar-refractivity contribution is 4.94. The summed E-state index contributed by atoms with van der Waals surface area (Å²) in [7, 11) is 2.01. The molecule has 2 aromatic heterocycles. The van der Waals surface area contributed by atoms with E-state index in [1.807, 2.05) is 30.3 Å². The van der Waals surface area contributed by atoms with Gasteiger partial charge in [-0.15, -0.1) is 0 Å². The zero-order chi connectivity index (χ0) is 29.1. The second-order valence-corrected chi connectivity index (χ2v) is 11.2. The number of aromatic nitrogens is 4. The number of hydrogen-bond donors (Lipinski definition) is 0. The average molecular weight is 611 g/mol. The van der Waals surface area contributed by atoms with Crippen LogP contribution >= 0.6 is 0 Å². The number of imidazole rings is 1. The summed E-state index contributed by atoms with van der Waals surface area (Å²) < 4.78 is 27.5. The fourth-order valence-corrected chi connectivity index (χ4v) is 4.82. The molecule has 0 aromatic carbocycles. The van der Waals surface area contributed by atoms with Crippen LogP contribution in [0, 0.1) is 0 Å². The maximum atomic E-state index is 5.94. The number of aryl methyl sites for hydroxylation is 1. The van der Waals surface area contributed by atoms with Crippen LogP contribution in [0.3, 0.4) is 0 Å². The Labute approximate surface area is 262 Å². The highest BCUT2D eigenvalue weighted by Gasteiger charge is 2.13. The Morgan fingerprint density at radius 2 is 1.21 bits per heavy atom. The molecule has 0 aliphatic heterocycles. The van der Waals surface area contributed by atoms with E-state index in [9.17, 15) is 0 Å². The molecule has 0 N–H and O–H groups in total. The summed E-state index contributed by atoms with van der Waals surface area (Å²) in [6.07, 6.45) is 31.1. The smallest absolute Gasteiger partial charge is 0.316 e. The predicted octanol–water partition coefficient (Wildman–Crippen LogP) is 3.87. The lowest BCUT2D eigenvalue weighted by Crippen LogP contribution is -3.00. The molecule has 0 fully saturated rings. The van der Waals surface area contributed by atoms with Gasteiger partial charge in [-0.25, -0.2) is 19.1 Å². The lowest BCUT2D eigenvalue weighted by atomic mass is 10.0. The van der Waals surface area contributed by atoms with Gasteiger partial charge in [-0.05, 0) is 12.5 Å². The zero-order valence-corrected chi connectivity index (χ0v) is 27.4. The van der Waals surface area contributed by atoms with E-state index < -0.39 is 0 Å². The number of ether oxygens (including phenoxy) is 4. The Kier molecular flexibility index (Phi) is 25.6. The minimum Gasteiger partial charge on any atom is -1.00 e. The van der Waals surface area contributed by atoms with E-state index in [4.69, 9.17) is 18.9 Å². The zero-order valence-electron chi connectivity index (χ0n) is 26.6. The van der Waals surface area contributed by atoms with Crippen molar-refractivity contribution >= 4 is 0 Å². The molecule has 242 valence electrons. The first kappa shape index (κ1) is 38.3. The summed E-state index contributed by atoms with van der Waals surface area (Å²) in [6.45, 7) is 6.43. The van der Waals surface area contributed by atoms with Crippen molar-refractivity contribution in [3.63, 3.8) is 0 Å². The van der Waals surface area contributed by atoms with Crippen molar-refractivity contribution in [2.75, 3.05) is 39.6 Å². The molecular formula is C33H59ClN4O4. The number of nitrogens with zero attached hydrogens (tertiary/aromatic N) is 4. The molecule has 1 unspecified atom stereocenters. The molecule has 2 aromatic rings. The van der Waals surface area contributed by atoms with Crippen LogP contribution in [0.5, 0.6) is 6.01 Å². The number of halogens is 1. The monoisotopic (exact) mass is 610 g/mol. The van der Waals surface area contributed by atoms with Crippen molar-refractivity contribution in [3.05, 3.63) is 37.2 Å². The molecule has 0 saturated carbocycles. The van der Waals surface area contributed by atoms with E-state index >= 15 is 0 Å². The van der Waals surface area contributed by atoms with Gasteiger partial charge in [-0.1, -0.05) is 103 Å². The van der Waals surface area contributed by atoms with Gasteiger partial charge in [0, 0.05) is 19.0 Å². The van der Waals surface area contributed by atoms with E-state index in [1.165, 1.54) is 96.3 Å². The second kappa shape index (κ2) is 28.1. The van der Waals surface area contributed by atoms with Gasteiger partial charge in [-0.2, -0.15) is 0 Å². The van der Waals surface area contributed by atoms with Crippen LogP contribution in [-0.2, 0) is 27.8 Å². The van der Waals surface area contributed by atoms with Gasteiger partial charge in [-0.3, -0.25) is 0 Å². The third-order valence-electron chi connectivity index (χ3n) is 7.25. The standard InChI is InChI=1S/C33H59N4O4.ClH/c1-3-4-5-6-7-8-9-10-11-12-13-14-15-16-17-18-25-39-29-32(41-33-34-20-19-21-35-33)30-40-28-27-38-26-24-37-23-22-36(2)31-37;/h19-23,31-32H,3-18,24-30H2,1-2H3;1H/q+1;/p-1. The maximum Gasteiger partial charge on any atom is 0.316 e. The van der Waals surface area contributed by atoms with Gasteiger partial charge < -0.3 is 31.4 Å². The van der Waals surface area contributed by atoms with E-state index in [1.54, 1.807) is 18.5 Å². The normalized spacial score (nSPS) is 11.9. The molecule has 8 nitrogen and oxygen atoms in total. The first-order chi connectivity index (χ1) is 20.3. The lowest BCUT2D eigenvalue weighted by Gasteiger charge is -2.18. The molecule has 9 heteroatoms. The quantitative estimate of drug-likeness (QED) is 0.103. The Balaban J connectivity index is 0.00000882. The first-order valence-corrected chi connectivity index (χ1v) is 16.5. The largest absolute Gasteiger partial charge is 1.00 e. The molecule has 0 bridgehead atoms. The van der Waals surface area contributed by atoms with Crippen molar-refractivity contribution < 1.29 is 35.9 Å². The first-order valence-electron chi connectivity index (χ1n) is 16.5. The average Bonchev–Trinajstić information content (AvgIpc) is 3.41. The molecule has 2 rings (SSSR count). The highest BCUT2D eigenvalue weighted by Crippen LogP contribution is 2.14. The Morgan fingerprint density at radius 3 is 1.76 bits per heavy atom. The Hall–Kier alpha value is -1.74. The molecule has 0 aliphatic rings. The lowest BCUT2D eigenvalue weighted by molar-refractivity contribution is -0.671. The minimum atomic E-state index is -0.252. The fraction of sp³-hybridized carbons (Fsp3) is 0.788. The molecule has 0 saturated heterocycles. The third kappa shape index (κ3) is 21.9. The molecule has 0 radical (unpaired) electrons. The SMILES string of the molecule is CCCCCCCCCCCCCCCCCCOCC(COCCOCCn1cc[n+](C)c1)Oc1ncccn1.[Cl-]. The molecule has 42 heavy (non-hydrogen) atoms. The summed E-state index contributed by atoms with van der Waals surface area (Å²) in [5, 5.41) is 0. The van der Waals surface area contributed by atoms with Gasteiger partial charge in [0.2, 0.25) is 6.33 Å². The van der Waals surface area contributed by atoms with E-state index in [2.05, 4.69) is 21.5 Å². The Morgan fingerprint density at radius 1 is 0.690 bits per heavy atom. The molecule has 0 aliphatic carbocycles. The number of unbranched alkanes of at least 4 members (excludes halogenated alkanes) is 15.